The van der Waals surface area contributed by atoms with Crippen molar-refractivity contribution in [3.63, 3.8) is 0 Å². The van der Waals surface area contributed by atoms with Gasteiger partial charge in [-0.1, -0.05) is 11.3 Å². The van der Waals surface area contributed by atoms with Gasteiger partial charge in [-0.2, -0.15) is 5.26 Å². The van der Waals surface area contributed by atoms with Gasteiger partial charge in [0.2, 0.25) is 0 Å². The molecule has 1 saturated heterocycles. The van der Waals surface area contributed by atoms with E-state index in [-0.39, 0.29) is 24.1 Å². The highest BCUT2D eigenvalue weighted by Crippen LogP contribution is 2.29. The summed E-state index contributed by atoms with van der Waals surface area (Å²) in [7, 11) is 3.40. The van der Waals surface area contributed by atoms with E-state index in [0.717, 1.165) is 39.8 Å². The Hall–Kier alpha value is -3.33. The summed E-state index contributed by atoms with van der Waals surface area (Å²) in [4.78, 5) is 32.4. The molecule has 0 radical (unpaired) electrons. The summed E-state index contributed by atoms with van der Waals surface area (Å²) in [6.45, 7) is 6.96. The first kappa shape index (κ1) is 23.4. The number of imidazole rings is 1. The molecule has 1 fully saturated rings. The molecule has 0 aromatic carbocycles. The van der Waals surface area contributed by atoms with Gasteiger partial charge in [0.1, 0.15) is 10.3 Å². The molecule has 0 N–H and O–H groups in total. The summed E-state index contributed by atoms with van der Waals surface area (Å²) >= 11 is 1.62. The van der Waals surface area contributed by atoms with Crippen LogP contribution in [0.1, 0.15) is 29.4 Å². The lowest BCUT2D eigenvalue weighted by Crippen LogP contribution is -2.56. The van der Waals surface area contributed by atoms with Gasteiger partial charge in [-0.05, 0) is 26.0 Å². The van der Waals surface area contributed by atoms with Crippen LogP contribution in [0.25, 0.3) is 16.0 Å². The third kappa shape index (κ3) is 4.29. The predicted molar refractivity (Wildman–Crippen MR) is 135 cm³/mol. The molecule has 4 aromatic rings. The molecule has 0 saturated carbocycles. The monoisotopic (exact) mass is 492 g/mol. The molecule has 11 heteroatoms. The van der Waals surface area contributed by atoms with Crippen molar-refractivity contribution in [1.29, 1.82) is 5.26 Å². The van der Waals surface area contributed by atoms with E-state index in [1.807, 2.05) is 13.0 Å². The van der Waals surface area contributed by atoms with Crippen LogP contribution in [0, 0.1) is 18.3 Å². The number of piperazine rings is 1. The molecule has 182 valence electrons. The third-order valence-electron chi connectivity index (χ3n) is 6.67. The van der Waals surface area contributed by atoms with E-state index >= 15 is 0 Å². The van der Waals surface area contributed by atoms with Gasteiger partial charge in [-0.3, -0.25) is 9.69 Å². The number of nitriles is 1. The smallest absolute Gasteiger partial charge is 0.267 e. The lowest BCUT2D eigenvalue weighted by atomic mass is 10.1. The minimum Gasteiger partial charge on any atom is -0.383 e. The third-order valence-corrected chi connectivity index (χ3v) is 7.55. The van der Waals surface area contributed by atoms with Crippen LogP contribution >= 0.6 is 11.3 Å². The predicted octanol–water partition coefficient (Wildman–Crippen LogP) is 2.31. The molecule has 0 aliphatic carbocycles. The molecule has 35 heavy (non-hydrogen) atoms. The average molecular weight is 493 g/mol. The molecule has 5 rings (SSSR count). The van der Waals surface area contributed by atoms with Gasteiger partial charge in [0.25, 0.3) is 5.56 Å². The lowest BCUT2D eigenvalue weighted by Gasteiger charge is -2.44. The Morgan fingerprint density at radius 1 is 1.29 bits per heavy atom. The van der Waals surface area contributed by atoms with Crippen LogP contribution in [0.3, 0.4) is 0 Å². The normalized spacial score (nSPS) is 17.8. The maximum atomic E-state index is 12.8. The minimum absolute atomic E-state index is 0.0256. The number of rotatable bonds is 6. The maximum Gasteiger partial charge on any atom is 0.267 e. The van der Waals surface area contributed by atoms with Crippen LogP contribution in [0.5, 0.6) is 0 Å². The fourth-order valence-electron chi connectivity index (χ4n) is 4.82. The summed E-state index contributed by atoms with van der Waals surface area (Å²) in [6.07, 6.45) is 1.95. The molecule has 0 spiro atoms. The van der Waals surface area contributed by atoms with Gasteiger partial charge in [0.05, 0.1) is 53.4 Å². The largest absolute Gasteiger partial charge is 0.383 e. The van der Waals surface area contributed by atoms with Crippen molar-refractivity contribution >= 4 is 33.0 Å². The molecule has 5 heterocycles. The zero-order chi connectivity index (χ0) is 24.7. The molecule has 0 amide bonds. The Labute approximate surface area is 207 Å². The second-order valence-corrected chi connectivity index (χ2v) is 10.1. The first-order valence-electron chi connectivity index (χ1n) is 11.6. The van der Waals surface area contributed by atoms with Gasteiger partial charge in [0, 0.05) is 45.9 Å². The van der Waals surface area contributed by atoms with Crippen molar-refractivity contribution in [3.8, 4) is 6.07 Å². The highest BCUT2D eigenvalue weighted by molar-refractivity contribution is 7.18. The average Bonchev–Trinajstić information content (AvgIpc) is 3.44. The van der Waals surface area contributed by atoms with E-state index in [1.54, 1.807) is 42.3 Å². The number of ether oxygens (including phenoxy) is 1. The summed E-state index contributed by atoms with van der Waals surface area (Å²) < 4.78 is 8.84. The fraction of sp³-hybridized carbons (Fsp3) is 0.458. The van der Waals surface area contributed by atoms with E-state index in [1.165, 1.54) is 4.68 Å². The quantitative estimate of drug-likeness (QED) is 0.404. The second-order valence-electron chi connectivity index (χ2n) is 8.89. The number of methoxy groups -OCH3 is 1. The fourth-order valence-corrected chi connectivity index (χ4v) is 5.62. The number of thiazole rings is 1. The highest BCUT2D eigenvalue weighted by Gasteiger charge is 2.32. The number of anilines is 1. The van der Waals surface area contributed by atoms with Gasteiger partial charge >= 0.3 is 0 Å². The van der Waals surface area contributed by atoms with Crippen molar-refractivity contribution in [1.82, 2.24) is 29.0 Å². The molecule has 2 unspecified atom stereocenters. The number of hydrogen-bond acceptors (Lipinski definition) is 9. The van der Waals surface area contributed by atoms with Crippen LogP contribution in [0.15, 0.2) is 29.2 Å². The van der Waals surface area contributed by atoms with Gasteiger partial charge in [-0.15, -0.1) is 0 Å². The Morgan fingerprint density at radius 2 is 2.11 bits per heavy atom. The molecule has 1 aliphatic rings. The van der Waals surface area contributed by atoms with Gasteiger partial charge < -0.3 is 9.64 Å². The summed E-state index contributed by atoms with van der Waals surface area (Å²) in [5.74, 6) is 0. The first-order valence-corrected chi connectivity index (χ1v) is 12.4. The summed E-state index contributed by atoms with van der Waals surface area (Å²) in [5.41, 5.74) is 3.92. The van der Waals surface area contributed by atoms with Crippen molar-refractivity contribution in [2.75, 3.05) is 38.3 Å². The zero-order valence-electron chi connectivity index (χ0n) is 20.3. The van der Waals surface area contributed by atoms with Crippen molar-refractivity contribution < 1.29 is 4.74 Å². The van der Waals surface area contributed by atoms with Crippen LogP contribution < -0.4 is 10.5 Å². The van der Waals surface area contributed by atoms with Crippen LogP contribution in [-0.2, 0) is 18.2 Å². The van der Waals surface area contributed by atoms with Gasteiger partial charge in [0.15, 0.2) is 5.65 Å². The number of nitrogens with zero attached hydrogens (tertiary/aromatic N) is 8. The minimum atomic E-state index is -0.127. The molecular weight excluding hydrogens is 464 g/mol. The Balaban J connectivity index is 1.45. The number of pyridine rings is 1. The Bertz CT molecular complexity index is 1480. The second kappa shape index (κ2) is 9.37. The number of aromatic nitrogens is 5. The zero-order valence-corrected chi connectivity index (χ0v) is 21.1. The molecule has 1 aliphatic heterocycles. The Morgan fingerprint density at radius 3 is 2.89 bits per heavy atom. The number of aryl methyl sites for hydroxylation is 2. The van der Waals surface area contributed by atoms with Crippen LogP contribution in [0.2, 0.25) is 0 Å². The maximum absolute atomic E-state index is 12.8. The van der Waals surface area contributed by atoms with Crippen LogP contribution in [0.4, 0.5) is 5.69 Å². The standard InChI is InChI=1S/C24H28N8O2S/c1-15(19-5-6-20-24(28-19)35-16(2)26-20)30-9-10-31(18(13-30)14-34-4)21-11-22(33)29(3)32-12-17(7-8-25)27-23(21)32/h5-6,11-12,15,18H,7,9-10,13-14H2,1-4H3. The lowest BCUT2D eigenvalue weighted by molar-refractivity contribution is 0.112. The molecular formula is C24H28N8O2S. The van der Waals surface area contributed by atoms with E-state index in [4.69, 9.17) is 15.0 Å². The van der Waals surface area contributed by atoms with Crippen LogP contribution in [-0.4, -0.2) is 68.4 Å². The number of hydrogen-bond donors (Lipinski definition) is 0. The van der Waals surface area contributed by atoms with E-state index in [2.05, 4.69) is 38.8 Å². The highest BCUT2D eigenvalue weighted by atomic mass is 32.1. The summed E-state index contributed by atoms with van der Waals surface area (Å²) in [6, 6.07) is 8.05. The van der Waals surface area contributed by atoms with Crippen molar-refractivity contribution in [2.24, 2.45) is 7.05 Å². The van der Waals surface area contributed by atoms with Crippen molar-refractivity contribution in [2.45, 2.75) is 32.4 Å². The topological polar surface area (TPSA) is 105 Å². The molecule has 10 nitrogen and oxygen atoms in total. The first-order chi connectivity index (χ1) is 16.9. The molecule has 4 aromatic heterocycles. The van der Waals surface area contributed by atoms with E-state index in [0.29, 0.717) is 24.5 Å². The van der Waals surface area contributed by atoms with Crippen molar-refractivity contribution in [3.05, 3.63) is 51.1 Å². The summed E-state index contributed by atoms with van der Waals surface area (Å²) in [5, 5.41) is 10.1. The SMILES string of the molecule is COCC1CN(C(C)c2ccc3nc(C)sc3n2)CCN1c1cc(=O)n(C)n2cc(CC#N)nc12. The number of fused-ring (bicyclic) bond motifs is 2. The molecule has 0 bridgehead atoms. The van der Waals surface area contributed by atoms with E-state index < -0.39 is 0 Å². The Kier molecular flexibility index (Phi) is 6.27. The molecule has 2 atom stereocenters. The van der Waals surface area contributed by atoms with E-state index in [9.17, 15) is 4.79 Å². The van der Waals surface area contributed by atoms with Gasteiger partial charge in [-0.25, -0.2) is 24.1 Å².